The Morgan fingerprint density at radius 2 is 2.00 bits per heavy atom. The van der Waals surface area contributed by atoms with Gasteiger partial charge in [0.25, 0.3) is 5.91 Å². The molecule has 0 spiro atoms. The van der Waals surface area contributed by atoms with Crippen LogP contribution in [0.5, 0.6) is 0 Å². The number of benzene rings is 1. The number of rotatable bonds is 7. The van der Waals surface area contributed by atoms with Crippen LogP contribution in [0.4, 0.5) is 0 Å². The van der Waals surface area contributed by atoms with E-state index in [1.54, 1.807) is 4.68 Å². The largest absolute Gasteiger partial charge is 0.348 e. The van der Waals surface area contributed by atoms with E-state index in [-0.39, 0.29) is 11.9 Å². The van der Waals surface area contributed by atoms with Crippen molar-refractivity contribution in [1.29, 1.82) is 0 Å². The maximum atomic E-state index is 12.3. The third-order valence-corrected chi connectivity index (χ3v) is 3.74. The normalized spacial score (nSPS) is 12.1. The second-order valence-corrected chi connectivity index (χ2v) is 5.79. The minimum Gasteiger partial charge on any atom is -0.348 e. The second-order valence-electron chi connectivity index (χ2n) is 5.79. The highest BCUT2D eigenvalue weighted by Crippen LogP contribution is 2.12. The molecule has 118 valence electrons. The summed E-state index contributed by atoms with van der Waals surface area (Å²) in [5.74, 6) is -0.0956. The zero-order chi connectivity index (χ0) is 15.9. The molecule has 0 aliphatic rings. The van der Waals surface area contributed by atoms with E-state index in [9.17, 15) is 4.79 Å². The van der Waals surface area contributed by atoms with E-state index >= 15 is 0 Å². The van der Waals surface area contributed by atoms with Gasteiger partial charge in [0.05, 0.1) is 5.69 Å². The molecule has 22 heavy (non-hydrogen) atoms. The first-order valence-electron chi connectivity index (χ1n) is 8.04. The molecule has 1 amide bonds. The van der Waals surface area contributed by atoms with E-state index < -0.39 is 0 Å². The number of amides is 1. The highest BCUT2D eigenvalue weighted by Gasteiger charge is 2.15. The summed E-state index contributed by atoms with van der Waals surface area (Å²) in [6, 6.07) is 11.9. The summed E-state index contributed by atoms with van der Waals surface area (Å²) in [5.41, 5.74) is 2.40. The van der Waals surface area contributed by atoms with Gasteiger partial charge in [-0.2, -0.15) is 5.10 Å². The molecule has 0 aliphatic heterocycles. The van der Waals surface area contributed by atoms with Crippen molar-refractivity contribution in [2.75, 3.05) is 0 Å². The Bertz CT molecular complexity index is 604. The van der Waals surface area contributed by atoms with Crippen molar-refractivity contribution < 1.29 is 4.79 Å². The highest BCUT2D eigenvalue weighted by molar-refractivity contribution is 5.92. The summed E-state index contributed by atoms with van der Waals surface area (Å²) in [5, 5.41) is 7.47. The number of nitrogens with zero attached hydrogens (tertiary/aromatic N) is 2. The van der Waals surface area contributed by atoms with Crippen LogP contribution in [0.25, 0.3) is 5.69 Å². The number of nitrogens with one attached hydrogen (secondary N) is 1. The van der Waals surface area contributed by atoms with Gasteiger partial charge < -0.3 is 5.32 Å². The summed E-state index contributed by atoms with van der Waals surface area (Å²) in [6.45, 7) is 6.19. The van der Waals surface area contributed by atoms with Gasteiger partial charge in [-0.25, -0.2) is 4.68 Å². The van der Waals surface area contributed by atoms with Crippen LogP contribution < -0.4 is 5.32 Å². The summed E-state index contributed by atoms with van der Waals surface area (Å²) >= 11 is 0. The molecule has 1 N–H and O–H groups in total. The number of hydrogen-bond acceptors (Lipinski definition) is 2. The van der Waals surface area contributed by atoms with Crippen molar-refractivity contribution in [2.45, 2.75) is 52.5 Å². The minimum absolute atomic E-state index is 0.0956. The van der Waals surface area contributed by atoms with Crippen LogP contribution in [-0.2, 0) is 0 Å². The standard InChI is InChI=1S/C18H25N3O/c1-4-5-7-10-14(2)19-18(22)17-13-15(3)21(20-17)16-11-8-6-9-12-16/h6,8-9,11-14H,4-5,7,10H2,1-3H3,(H,19,22). The van der Waals surface area contributed by atoms with Gasteiger partial charge in [-0.1, -0.05) is 44.4 Å². The van der Waals surface area contributed by atoms with E-state index in [0.717, 1.165) is 24.2 Å². The van der Waals surface area contributed by atoms with Crippen LogP contribution in [0.1, 0.15) is 55.7 Å². The number of unbranched alkanes of at least 4 members (excludes halogenated alkanes) is 2. The summed E-state index contributed by atoms with van der Waals surface area (Å²) in [7, 11) is 0. The SMILES string of the molecule is CCCCCC(C)NC(=O)c1cc(C)n(-c2ccccc2)n1. The molecule has 4 nitrogen and oxygen atoms in total. The first-order chi connectivity index (χ1) is 10.6. The van der Waals surface area contributed by atoms with Crippen LogP contribution in [0.3, 0.4) is 0 Å². The van der Waals surface area contributed by atoms with Crippen LogP contribution in [0.2, 0.25) is 0 Å². The van der Waals surface area contributed by atoms with Gasteiger partial charge in [-0.05, 0) is 38.5 Å². The Kier molecular flexibility index (Phi) is 5.75. The topological polar surface area (TPSA) is 46.9 Å². The van der Waals surface area contributed by atoms with Gasteiger partial charge in [0, 0.05) is 11.7 Å². The molecule has 1 aromatic heterocycles. The zero-order valence-electron chi connectivity index (χ0n) is 13.7. The Morgan fingerprint density at radius 1 is 1.27 bits per heavy atom. The molecule has 1 heterocycles. The Labute approximate surface area is 132 Å². The average molecular weight is 299 g/mol. The number of aryl methyl sites for hydroxylation is 1. The molecule has 0 saturated heterocycles. The molecule has 0 radical (unpaired) electrons. The molecule has 0 bridgehead atoms. The first kappa shape index (κ1) is 16.3. The van der Waals surface area contributed by atoms with E-state index in [1.165, 1.54) is 12.8 Å². The fraction of sp³-hybridized carbons (Fsp3) is 0.444. The van der Waals surface area contributed by atoms with E-state index in [1.807, 2.05) is 43.3 Å². The smallest absolute Gasteiger partial charge is 0.272 e. The van der Waals surface area contributed by atoms with Crippen LogP contribution in [0.15, 0.2) is 36.4 Å². The third-order valence-electron chi connectivity index (χ3n) is 3.74. The number of hydrogen-bond donors (Lipinski definition) is 1. The van der Waals surface area contributed by atoms with E-state index in [2.05, 4.69) is 24.3 Å². The Morgan fingerprint density at radius 3 is 2.68 bits per heavy atom. The lowest BCUT2D eigenvalue weighted by Crippen LogP contribution is -2.32. The maximum absolute atomic E-state index is 12.3. The number of para-hydroxylation sites is 1. The lowest BCUT2D eigenvalue weighted by atomic mass is 10.1. The zero-order valence-corrected chi connectivity index (χ0v) is 13.7. The van der Waals surface area contributed by atoms with Crippen molar-refractivity contribution in [3.8, 4) is 5.69 Å². The average Bonchev–Trinajstić information content (AvgIpc) is 2.90. The minimum atomic E-state index is -0.0956. The molecule has 1 unspecified atom stereocenters. The van der Waals surface area contributed by atoms with Crippen molar-refractivity contribution in [3.05, 3.63) is 47.8 Å². The summed E-state index contributed by atoms with van der Waals surface area (Å²) in [4.78, 5) is 12.3. The summed E-state index contributed by atoms with van der Waals surface area (Å²) in [6.07, 6.45) is 4.57. The van der Waals surface area contributed by atoms with Crippen molar-refractivity contribution in [1.82, 2.24) is 15.1 Å². The Balaban J connectivity index is 2.02. The fourth-order valence-electron chi connectivity index (χ4n) is 2.49. The monoisotopic (exact) mass is 299 g/mol. The maximum Gasteiger partial charge on any atom is 0.272 e. The number of carbonyl (C=O) groups is 1. The predicted molar refractivity (Wildman–Crippen MR) is 89.4 cm³/mol. The molecule has 2 rings (SSSR count). The third kappa shape index (κ3) is 4.20. The molecule has 0 aliphatic carbocycles. The van der Waals surface area contributed by atoms with E-state index in [0.29, 0.717) is 5.69 Å². The molecule has 1 atom stereocenters. The Hall–Kier alpha value is -2.10. The fourth-order valence-corrected chi connectivity index (χ4v) is 2.49. The van der Waals surface area contributed by atoms with Gasteiger partial charge >= 0.3 is 0 Å². The summed E-state index contributed by atoms with van der Waals surface area (Å²) < 4.78 is 1.80. The van der Waals surface area contributed by atoms with Crippen molar-refractivity contribution >= 4 is 5.91 Å². The quantitative estimate of drug-likeness (QED) is 0.789. The lowest BCUT2D eigenvalue weighted by molar-refractivity contribution is 0.0932. The molecular weight excluding hydrogens is 274 g/mol. The van der Waals surface area contributed by atoms with Crippen LogP contribution in [0, 0.1) is 6.92 Å². The van der Waals surface area contributed by atoms with Crippen LogP contribution in [-0.4, -0.2) is 21.7 Å². The molecule has 2 aromatic rings. The molecule has 0 fully saturated rings. The van der Waals surface area contributed by atoms with E-state index in [4.69, 9.17) is 0 Å². The lowest BCUT2D eigenvalue weighted by Gasteiger charge is -2.12. The van der Waals surface area contributed by atoms with Gasteiger partial charge in [0.2, 0.25) is 0 Å². The molecular formula is C18H25N3O. The number of aromatic nitrogens is 2. The van der Waals surface area contributed by atoms with Gasteiger partial charge in [0.15, 0.2) is 5.69 Å². The first-order valence-corrected chi connectivity index (χ1v) is 8.04. The molecule has 4 heteroatoms. The van der Waals surface area contributed by atoms with Crippen LogP contribution >= 0.6 is 0 Å². The predicted octanol–water partition coefficient (Wildman–Crippen LogP) is 3.88. The molecule has 1 aromatic carbocycles. The highest BCUT2D eigenvalue weighted by atomic mass is 16.2. The second kappa shape index (κ2) is 7.78. The molecule has 0 saturated carbocycles. The van der Waals surface area contributed by atoms with Crippen molar-refractivity contribution in [3.63, 3.8) is 0 Å². The van der Waals surface area contributed by atoms with Gasteiger partial charge in [0.1, 0.15) is 0 Å². The van der Waals surface area contributed by atoms with Gasteiger partial charge in [-0.15, -0.1) is 0 Å². The van der Waals surface area contributed by atoms with Gasteiger partial charge in [-0.3, -0.25) is 4.79 Å². The van der Waals surface area contributed by atoms with Crippen molar-refractivity contribution in [2.24, 2.45) is 0 Å². The number of carbonyl (C=O) groups excluding carboxylic acids is 1.